The molecule has 0 aliphatic carbocycles. The minimum atomic E-state index is 0.638. The molecule has 4 rings (SSSR count). The quantitative estimate of drug-likeness (QED) is 0.262. The summed E-state index contributed by atoms with van der Waals surface area (Å²) in [5.74, 6) is 1.45. The van der Waals surface area contributed by atoms with Crippen LogP contribution in [-0.2, 0) is 6.42 Å². The second-order valence-electron chi connectivity index (χ2n) is 7.35. The number of anilines is 2. The summed E-state index contributed by atoms with van der Waals surface area (Å²) in [6.45, 7) is 7.96. The Kier molecular flexibility index (Phi) is 6.05. The van der Waals surface area contributed by atoms with Gasteiger partial charge in [-0.1, -0.05) is 35.9 Å². The Morgan fingerprint density at radius 2 is 1.65 bits per heavy atom. The number of nitrogens with one attached hydrogen (secondary N) is 1. The highest BCUT2D eigenvalue weighted by atomic mass is 32.1. The van der Waals surface area contributed by atoms with Crippen molar-refractivity contribution in [2.24, 2.45) is 0 Å². The van der Waals surface area contributed by atoms with Gasteiger partial charge in [0.05, 0.1) is 4.88 Å². The van der Waals surface area contributed by atoms with Gasteiger partial charge in [-0.05, 0) is 62.2 Å². The van der Waals surface area contributed by atoms with Crippen molar-refractivity contribution in [3.05, 3.63) is 95.7 Å². The zero-order valence-electron chi connectivity index (χ0n) is 17.6. The molecule has 2 heterocycles. The summed E-state index contributed by atoms with van der Waals surface area (Å²) in [6, 6.07) is 20.0. The van der Waals surface area contributed by atoms with E-state index in [9.17, 15) is 4.79 Å². The molecule has 0 saturated heterocycles. The lowest BCUT2D eigenvalue weighted by atomic mass is 10.1. The molecule has 0 bridgehead atoms. The molecule has 0 atom stereocenters. The minimum Gasteiger partial charge on any atom is -0.340 e. The molecule has 0 saturated carbocycles. The van der Waals surface area contributed by atoms with Crippen molar-refractivity contribution < 1.29 is 4.79 Å². The first-order chi connectivity index (χ1) is 15.1. The van der Waals surface area contributed by atoms with Crippen LogP contribution in [0.15, 0.2) is 73.3 Å². The molecule has 0 radical (unpaired) electrons. The van der Waals surface area contributed by atoms with Crippen molar-refractivity contribution in [2.45, 2.75) is 20.3 Å². The monoisotopic (exact) mass is 425 g/mol. The molecule has 0 aliphatic rings. The molecule has 0 aliphatic heterocycles. The molecule has 2 aromatic carbocycles. The lowest BCUT2D eigenvalue weighted by Gasteiger charge is -2.14. The van der Waals surface area contributed by atoms with Gasteiger partial charge in [-0.15, -0.1) is 17.9 Å². The van der Waals surface area contributed by atoms with Gasteiger partial charge < -0.3 is 5.32 Å². The van der Waals surface area contributed by atoms with Crippen LogP contribution in [0.25, 0.3) is 21.1 Å². The predicted molar refractivity (Wildman–Crippen MR) is 129 cm³/mol. The molecule has 4 aromatic rings. The van der Waals surface area contributed by atoms with E-state index >= 15 is 0 Å². The summed E-state index contributed by atoms with van der Waals surface area (Å²) < 4.78 is 0. The van der Waals surface area contributed by atoms with Crippen molar-refractivity contribution in [3.8, 4) is 21.1 Å². The molecule has 4 nitrogen and oxygen atoms in total. The number of carbonyl (C=O) groups excluding carboxylic acids is 1. The lowest BCUT2D eigenvalue weighted by Crippen LogP contribution is -2.05. The smallest absolute Gasteiger partial charge is 0.171 e. The number of aldehydes is 1. The zero-order valence-corrected chi connectivity index (χ0v) is 18.4. The Balaban J connectivity index is 1.70. The van der Waals surface area contributed by atoms with Crippen LogP contribution in [-0.4, -0.2) is 16.3 Å². The van der Waals surface area contributed by atoms with E-state index in [0.717, 1.165) is 33.9 Å². The predicted octanol–water partition coefficient (Wildman–Crippen LogP) is 6.77. The van der Waals surface area contributed by atoms with E-state index in [4.69, 9.17) is 9.97 Å². The molecule has 0 unspecified atom stereocenters. The van der Waals surface area contributed by atoms with Gasteiger partial charge in [0.1, 0.15) is 12.1 Å². The standard InChI is InChI=1S/C26H23N3OS/c1-4-5-22-18(3)27-26(29-25(22)28-21-12-8-19(16-30)9-13-21)24-15-14-23(31-24)20-10-6-17(2)7-11-20/h4,6-16H,1,5H2,2-3H3,(H,27,28,29). The average Bonchev–Trinajstić information content (AvgIpc) is 3.27. The summed E-state index contributed by atoms with van der Waals surface area (Å²) in [5.41, 5.74) is 5.87. The van der Waals surface area contributed by atoms with E-state index in [1.165, 1.54) is 16.0 Å². The van der Waals surface area contributed by atoms with E-state index in [-0.39, 0.29) is 0 Å². The molecule has 5 heteroatoms. The third-order valence-corrected chi connectivity index (χ3v) is 6.16. The molecule has 0 fully saturated rings. The van der Waals surface area contributed by atoms with Crippen molar-refractivity contribution >= 4 is 29.1 Å². The molecule has 1 N–H and O–H groups in total. The first-order valence-electron chi connectivity index (χ1n) is 10.1. The molecular weight excluding hydrogens is 402 g/mol. The van der Waals surface area contributed by atoms with Crippen LogP contribution in [0.3, 0.4) is 0 Å². The Bertz CT molecular complexity index is 1220. The highest BCUT2D eigenvalue weighted by molar-refractivity contribution is 7.18. The Labute approximate surface area is 186 Å². The number of hydrogen-bond acceptors (Lipinski definition) is 5. The Hall–Kier alpha value is -3.57. The number of rotatable bonds is 7. The maximum absolute atomic E-state index is 10.9. The van der Waals surface area contributed by atoms with E-state index in [1.807, 2.05) is 25.1 Å². The average molecular weight is 426 g/mol. The van der Waals surface area contributed by atoms with Gasteiger partial charge in [0.25, 0.3) is 0 Å². The summed E-state index contributed by atoms with van der Waals surface area (Å²) in [7, 11) is 0. The summed E-state index contributed by atoms with van der Waals surface area (Å²) in [6.07, 6.45) is 3.36. The number of carbonyl (C=O) groups is 1. The van der Waals surface area contributed by atoms with E-state index in [2.05, 4.69) is 55.2 Å². The van der Waals surface area contributed by atoms with Gasteiger partial charge in [-0.3, -0.25) is 4.79 Å². The maximum atomic E-state index is 10.9. The topological polar surface area (TPSA) is 54.9 Å². The van der Waals surface area contributed by atoms with Gasteiger partial charge in [0.2, 0.25) is 0 Å². The molecule has 154 valence electrons. The fourth-order valence-electron chi connectivity index (χ4n) is 3.31. The van der Waals surface area contributed by atoms with Crippen LogP contribution in [0.2, 0.25) is 0 Å². The number of allylic oxidation sites excluding steroid dienone is 1. The van der Waals surface area contributed by atoms with Crippen LogP contribution in [0.4, 0.5) is 11.5 Å². The third-order valence-electron chi connectivity index (χ3n) is 5.03. The maximum Gasteiger partial charge on any atom is 0.171 e. The highest BCUT2D eigenvalue weighted by Crippen LogP contribution is 2.34. The van der Waals surface area contributed by atoms with Gasteiger partial charge in [0, 0.05) is 27.4 Å². The van der Waals surface area contributed by atoms with Crippen molar-refractivity contribution in [3.63, 3.8) is 0 Å². The largest absolute Gasteiger partial charge is 0.340 e. The SMILES string of the molecule is C=CCc1c(C)nc(-c2ccc(-c3ccc(C)cc3)s2)nc1Nc1ccc(C=O)cc1. The number of hydrogen-bond donors (Lipinski definition) is 1. The first-order valence-corrected chi connectivity index (χ1v) is 10.9. The van der Waals surface area contributed by atoms with Gasteiger partial charge in [0.15, 0.2) is 5.82 Å². The fraction of sp³-hybridized carbons (Fsp3) is 0.115. The van der Waals surface area contributed by atoms with E-state index in [0.29, 0.717) is 17.8 Å². The summed E-state index contributed by atoms with van der Waals surface area (Å²) >= 11 is 1.68. The molecule has 2 aromatic heterocycles. The Morgan fingerprint density at radius 3 is 2.32 bits per heavy atom. The van der Waals surface area contributed by atoms with Crippen LogP contribution in [0.5, 0.6) is 0 Å². The zero-order chi connectivity index (χ0) is 21.8. The number of aryl methyl sites for hydroxylation is 2. The normalized spacial score (nSPS) is 10.6. The summed E-state index contributed by atoms with van der Waals surface area (Å²) in [4.78, 5) is 22.8. The number of thiophene rings is 1. The van der Waals surface area contributed by atoms with Gasteiger partial charge >= 0.3 is 0 Å². The van der Waals surface area contributed by atoms with E-state index < -0.39 is 0 Å². The number of benzene rings is 2. The van der Waals surface area contributed by atoms with Crippen molar-refractivity contribution in [1.82, 2.24) is 9.97 Å². The van der Waals surface area contributed by atoms with Crippen molar-refractivity contribution in [2.75, 3.05) is 5.32 Å². The number of aromatic nitrogens is 2. The molecule has 31 heavy (non-hydrogen) atoms. The van der Waals surface area contributed by atoms with Crippen molar-refractivity contribution in [1.29, 1.82) is 0 Å². The van der Waals surface area contributed by atoms with Crippen LogP contribution in [0.1, 0.15) is 27.2 Å². The van der Waals surface area contributed by atoms with Gasteiger partial charge in [-0.25, -0.2) is 9.97 Å². The second kappa shape index (κ2) is 9.06. The molecular formula is C26H23N3OS. The lowest BCUT2D eigenvalue weighted by molar-refractivity contribution is 0.112. The van der Waals surface area contributed by atoms with Gasteiger partial charge in [-0.2, -0.15) is 0 Å². The van der Waals surface area contributed by atoms with Crippen LogP contribution in [0, 0.1) is 13.8 Å². The fourth-order valence-corrected chi connectivity index (χ4v) is 4.26. The van der Waals surface area contributed by atoms with E-state index in [1.54, 1.807) is 23.5 Å². The van der Waals surface area contributed by atoms with Crippen LogP contribution >= 0.6 is 11.3 Å². The minimum absolute atomic E-state index is 0.638. The third kappa shape index (κ3) is 4.62. The Morgan fingerprint density at radius 1 is 0.935 bits per heavy atom. The molecule has 0 amide bonds. The summed E-state index contributed by atoms with van der Waals surface area (Å²) in [5, 5.41) is 3.39. The van der Waals surface area contributed by atoms with Crippen LogP contribution < -0.4 is 5.32 Å². The molecule has 0 spiro atoms. The highest BCUT2D eigenvalue weighted by Gasteiger charge is 2.14. The first kappa shape index (κ1) is 20.7. The number of nitrogens with zero attached hydrogens (tertiary/aromatic N) is 2. The second-order valence-corrected chi connectivity index (χ2v) is 8.43.